The smallest absolute Gasteiger partial charge is 0.271 e. The van der Waals surface area contributed by atoms with Gasteiger partial charge in [0.2, 0.25) is 0 Å². The van der Waals surface area contributed by atoms with E-state index in [4.69, 9.17) is 11.6 Å². The van der Waals surface area contributed by atoms with Crippen LogP contribution >= 0.6 is 11.6 Å². The lowest BCUT2D eigenvalue weighted by atomic mass is 10.2. The molecule has 0 aliphatic carbocycles. The van der Waals surface area contributed by atoms with Gasteiger partial charge < -0.3 is 15.1 Å². The first-order valence-corrected chi connectivity index (χ1v) is 8.92. The van der Waals surface area contributed by atoms with E-state index in [9.17, 15) is 4.79 Å². The van der Waals surface area contributed by atoms with Crippen LogP contribution in [0.1, 0.15) is 23.8 Å². The highest BCUT2D eigenvalue weighted by Gasteiger charge is 2.19. The number of nitrogens with one attached hydrogen (secondary N) is 1. The van der Waals surface area contributed by atoms with E-state index in [1.54, 1.807) is 6.07 Å². The molecule has 1 amide bonds. The van der Waals surface area contributed by atoms with Crippen LogP contribution < -0.4 is 15.1 Å². The molecule has 1 saturated heterocycles. The van der Waals surface area contributed by atoms with Crippen LogP contribution in [-0.2, 0) is 0 Å². The minimum Gasteiger partial charge on any atom is -0.368 e. The van der Waals surface area contributed by atoms with Crippen LogP contribution in [0.25, 0.3) is 0 Å². The summed E-state index contributed by atoms with van der Waals surface area (Å²) in [5.41, 5.74) is 1.50. The number of carbonyl (C=O) groups is 1. The summed E-state index contributed by atoms with van der Waals surface area (Å²) in [7, 11) is 0. The second-order valence-electron chi connectivity index (χ2n) is 5.99. The average Bonchev–Trinajstić information content (AvgIpc) is 2.66. The number of aromatic nitrogens is 2. The Kier molecular flexibility index (Phi) is 5.71. The maximum Gasteiger partial charge on any atom is 0.271 e. The van der Waals surface area contributed by atoms with Gasteiger partial charge >= 0.3 is 0 Å². The van der Waals surface area contributed by atoms with E-state index < -0.39 is 0 Å². The zero-order valence-electron chi connectivity index (χ0n) is 14.3. The van der Waals surface area contributed by atoms with Gasteiger partial charge in [-0.15, -0.1) is 10.2 Å². The molecular formula is C18H22ClN5O. The zero-order chi connectivity index (χ0) is 17.6. The lowest BCUT2D eigenvalue weighted by Gasteiger charge is -2.36. The lowest BCUT2D eigenvalue weighted by molar-refractivity contribution is 0.0947. The Labute approximate surface area is 152 Å². The molecule has 7 heteroatoms. The third-order valence-electron chi connectivity index (χ3n) is 4.20. The summed E-state index contributed by atoms with van der Waals surface area (Å²) in [5.74, 6) is 0.629. The number of hydrogen-bond acceptors (Lipinski definition) is 5. The van der Waals surface area contributed by atoms with Crippen LogP contribution in [0.2, 0.25) is 5.02 Å². The van der Waals surface area contributed by atoms with E-state index in [0.717, 1.165) is 49.1 Å². The Balaban J connectivity index is 1.58. The molecule has 0 saturated carbocycles. The van der Waals surface area contributed by atoms with Crippen molar-refractivity contribution in [3.05, 3.63) is 47.1 Å². The highest BCUT2D eigenvalue weighted by atomic mass is 35.5. The number of benzene rings is 1. The van der Waals surface area contributed by atoms with Gasteiger partial charge in [-0.25, -0.2) is 0 Å². The van der Waals surface area contributed by atoms with Gasteiger partial charge in [0.1, 0.15) is 0 Å². The van der Waals surface area contributed by atoms with Crippen LogP contribution in [0.15, 0.2) is 36.4 Å². The zero-order valence-corrected chi connectivity index (χ0v) is 15.0. The first-order valence-electron chi connectivity index (χ1n) is 8.55. The summed E-state index contributed by atoms with van der Waals surface area (Å²) in [6.45, 7) is 6.14. The molecule has 2 aromatic rings. The molecule has 1 aromatic carbocycles. The molecule has 0 atom stereocenters. The number of nitrogens with zero attached hydrogens (tertiary/aromatic N) is 4. The third kappa shape index (κ3) is 4.39. The molecule has 3 rings (SSSR count). The van der Waals surface area contributed by atoms with E-state index in [1.807, 2.05) is 31.2 Å². The van der Waals surface area contributed by atoms with E-state index in [0.29, 0.717) is 12.2 Å². The van der Waals surface area contributed by atoms with Gasteiger partial charge in [-0.1, -0.05) is 24.6 Å². The van der Waals surface area contributed by atoms with Crippen LogP contribution in [0.5, 0.6) is 0 Å². The van der Waals surface area contributed by atoms with Crippen LogP contribution in [0.3, 0.4) is 0 Å². The van der Waals surface area contributed by atoms with Gasteiger partial charge in [-0.3, -0.25) is 4.79 Å². The highest BCUT2D eigenvalue weighted by Crippen LogP contribution is 2.22. The fourth-order valence-electron chi connectivity index (χ4n) is 2.81. The molecular weight excluding hydrogens is 338 g/mol. The molecule has 2 heterocycles. The fourth-order valence-corrected chi connectivity index (χ4v) is 3.00. The SMILES string of the molecule is CCCNC(=O)c1ccc(N2CCN(c3cccc(Cl)c3)CC2)nn1. The number of piperazine rings is 1. The predicted molar refractivity (Wildman–Crippen MR) is 101 cm³/mol. The Hall–Kier alpha value is -2.34. The Morgan fingerprint density at radius 1 is 1.12 bits per heavy atom. The number of hydrogen-bond donors (Lipinski definition) is 1. The Morgan fingerprint density at radius 2 is 1.88 bits per heavy atom. The maximum absolute atomic E-state index is 11.9. The molecule has 1 aromatic heterocycles. The van der Waals surface area contributed by atoms with E-state index in [-0.39, 0.29) is 5.91 Å². The first-order chi connectivity index (χ1) is 12.2. The molecule has 0 bridgehead atoms. The summed E-state index contributed by atoms with van der Waals surface area (Å²) in [6, 6.07) is 11.5. The largest absolute Gasteiger partial charge is 0.368 e. The van der Waals surface area contributed by atoms with Crippen molar-refractivity contribution in [1.82, 2.24) is 15.5 Å². The lowest BCUT2D eigenvalue weighted by Crippen LogP contribution is -2.47. The number of amides is 1. The molecule has 1 aliphatic rings. The first kappa shape index (κ1) is 17.5. The van der Waals surface area contributed by atoms with Crippen molar-refractivity contribution < 1.29 is 4.79 Å². The van der Waals surface area contributed by atoms with Crippen molar-refractivity contribution in [2.75, 3.05) is 42.5 Å². The molecule has 1 aliphatic heterocycles. The second-order valence-corrected chi connectivity index (χ2v) is 6.42. The summed E-state index contributed by atoms with van der Waals surface area (Å²) >= 11 is 6.07. The van der Waals surface area contributed by atoms with Crippen molar-refractivity contribution in [1.29, 1.82) is 0 Å². The number of anilines is 2. The summed E-state index contributed by atoms with van der Waals surface area (Å²) in [5, 5.41) is 11.8. The quantitative estimate of drug-likeness (QED) is 0.889. The summed E-state index contributed by atoms with van der Waals surface area (Å²) < 4.78 is 0. The van der Waals surface area contributed by atoms with Gasteiger partial charge in [0.25, 0.3) is 5.91 Å². The van der Waals surface area contributed by atoms with E-state index in [1.165, 1.54) is 0 Å². The minimum absolute atomic E-state index is 0.174. The molecule has 0 spiro atoms. The number of rotatable bonds is 5. The molecule has 1 N–H and O–H groups in total. The van der Waals surface area contributed by atoms with Crippen molar-refractivity contribution in [3.8, 4) is 0 Å². The highest BCUT2D eigenvalue weighted by molar-refractivity contribution is 6.30. The molecule has 132 valence electrons. The fraction of sp³-hybridized carbons (Fsp3) is 0.389. The molecule has 1 fully saturated rings. The molecule has 0 radical (unpaired) electrons. The van der Waals surface area contributed by atoms with Crippen molar-refractivity contribution in [2.45, 2.75) is 13.3 Å². The summed E-state index contributed by atoms with van der Waals surface area (Å²) in [4.78, 5) is 16.4. The van der Waals surface area contributed by atoms with Gasteiger partial charge in [0.15, 0.2) is 11.5 Å². The standard InChI is InChI=1S/C18H22ClN5O/c1-2-8-20-18(25)16-6-7-17(22-21-16)24-11-9-23(10-12-24)15-5-3-4-14(19)13-15/h3-7,13H,2,8-12H2,1H3,(H,20,25). The molecule has 25 heavy (non-hydrogen) atoms. The van der Waals surface area contributed by atoms with Crippen LogP contribution in [0, 0.1) is 0 Å². The maximum atomic E-state index is 11.9. The third-order valence-corrected chi connectivity index (χ3v) is 4.43. The predicted octanol–water partition coefficient (Wildman–Crippen LogP) is 2.60. The molecule has 6 nitrogen and oxygen atoms in total. The van der Waals surface area contributed by atoms with Crippen molar-refractivity contribution in [3.63, 3.8) is 0 Å². The van der Waals surface area contributed by atoms with Gasteiger partial charge in [-0.2, -0.15) is 0 Å². The second kappa shape index (κ2) is 8.16. The average molecular weight is 360 g/mol. The van der Waals surface area contributed by atoms with E-state index >= 15 is 0 Å². The minimum atomic E-state index is -0.174. The Morgan fingerprint density at radius 3 is 2.52 bits per heavy atom. The van der Waals surface area contributed by atoms with Crippen molar-refractivity contribution >= 4 is 29.0 Å². The van der Waals surface area contributed by atoms with Crippen molar-refractivity contribution in [2.24, 2.45) is 0 Å². The van der Waals surface area contributed by atoms with Gasteiger partial charge in [0, 0.05) is 43.4 Å². The normalized spacial score (nSPS) is 14.5. The molecule has 0 unspecified atom stereocenters. The Bertz CT molecular complexity index is 714. The van der Waals surface area contributed by atoms with Gasteiger partial charge in [-0.05, 0) is 36.8 Å². The topological polar surface area (TPSA) is 61.4 Å². The monoisotopic (exact) mass is 359 g/mol. The number of carbonyl (C=O) groups excluding carboxylic acids is 1. The van der Waals surface area contributed by atoms with Crippen LogP contribution in [-0.4, -0.2) is 48.8 Å². The van der Waals surface area contributed by atoms with Crippen LogP contribution in [0.4, 0.5) is 11.5 Å². The number of halogens is 1. The van der Waals surface area contributed by atoms with Gasteiger partial charge in [0.05, 0.1) is 0 Å². The summed E-state index contributed by atoms with van der Waals surface area (Å²) in [6.07, 6.45) is 0.897. The van der Waals surface area contributed by atoms with E-state index in [2.05, 4.69) is 31.4 Å².